The number of alkyl halides is 3. The van der Waals surface area contributed by atoms with Crippen LogP contribution in [-0.2, 0) is 30.4 Å². The largest absolute Gasteiger partial charge is 0.416 e. The summed E-state index contributed by atoms with van der Waals surface area (Å²) in [4.78, 5) is 11.9. The van der Waals surface area contributed by atoms with Crippen LogP contribution in [0.1, 0.15) is 42.0 Å². The van der Waals surface area contributed by atoms with Crippen LogP contribution in [-0.4, -0.2) is 27.2 Å². The van der Waals surface area contributed by atoms with Gasteiger partial charge in [0.25, 0.3) is 0 Å². The third-order valence-corrected chi connectivity index (χ3v) is 4.48. The molecule has 0 saturated carbocycles. The molecule has 0 radical (unpaired) electrons. The Kier molecular flexibility index (Phi) is 5.93. The number of halogens is 3. The van der Waals surface area contributed by atoms with E-state index in [1.807, 2.05) is 0 Å². The third-order valence-electron chi connectivity index (χ3n) is 4.48. The summed E-state index contributed by atoms with van der Waals surface area (Å²) in [6, 6.07) is 4.84. The van der Waals surface area contributed by atoms with Gasteiger partial charge in [0, 0.05) is 32.0 Å². The van der Waals surface area contributed by atoms with E-state index >= 15 is 0 Å². The molecule has 1 aliphatic rings. The van der Waals surface area contributed by atoms with Crippen molar-refractivity contribution in [2.75, 3.05) is 6.54 Å². The van der Waals surface area contributed by atoms with Crippen LogP contribution < -0.4 is 5.32 Å². The van der Waals surface area contributed by atoms with Crippen molar-refractivity contribution >= 4 is 12.0 Å². The SMILES string of the molecule is O=C(C=Cc1cccc(C(F)(F)F)c1)NCCc1nnc2n1CCCCC2. The van der Waals surface area contributed by atoms with Crippen molar-refractivity contribution < 1.29 is 18.0 Å². The van der Waals surface area contributed by atoms with Gasteiger partial charge in [-0.25, -0.2) is 0 Å². The first-order valence-corrected chi connectivity index (χ1v) is 8.97. The summed E-state index contributed by atoms with van der Waals surface area (Å²) in [5, 5.41) is 11.1. The van der Waals surface area contributed by atoms with Crippen molar-refractivity contribution in [1.82, 2.24) is 20.1 Å². The van der Waals surface area contributed by atoms with Gasteiger partial charge in [-0.15, -0.1) is 10.2 Å². The van der Waals surface area contributed by atoms with Gasteiger partial charge < -0.3 is 9.88 Å². The van der Waals surface area contributed by atoms with Crippen LogP contribution >= 0.6 is 0 Å². The van der Waals surface area contributed by atoms with Crippen molar-refractivity contribution in [2.45, 2.75) is 44.8 Å². The molecule has 144 valence electrons. The predicted octanol–water partition coefficient (Wildman–Crippen LogP) is 3.40. The molecule has 0 unspecified atom stereocenters. The fraction of sp³-hybridized carbons (Fsp3) is 0.421. The van der Waals surface area contributed by atoms with Gasteiger partial charge in [0.1, 0.15) is 11.6 Å². The lowest BCUT2D eigenvalue weighted by Crippen LogP contribution is -2.24. The number of nitrogens with zero attached hydrogens (tertiary/aromatic N) is 3. The van der Waals surface area contributed by atoms with Crippen LogP contribution in [0.5, 0.6) is 0 Å². The van der Waals surface area contributed by atoms with E-state index in [0.29, 0.717) is 18.5 Å². The van der Waals surface area contributed by atoms with Gasteiger partial charge >= 0.3 is 6.18 Å². The highest BCUT2D eigenvalue weighted by molar-refractivity contribution is 5.91. The van der Waals surface area contributed by atoms with Gasteiger partial charge in [0.2, 0.25) is 5.91 Å². The van der Waals surface area contributed by atoms with E-state index in [4.69, 9.17) is 0 Å². The zero-order chi connectivity index (χ0) is 19.3. The summed E-state index contributed by atoms with van der Waals surface area (Å²) in [5.41, 5.74) is -0.416. The minimum atomic E-state index is -4.40. The van der Waals surface area contributed by atoms with E-state index < -0.39 is 11.7 Å². The highest BCUT2D eigenvalue weighted by Crippen LogP contribution is 2.29. The van der Waals surface area contributed by atoms with Crippen LogP contribution in [0.3, 0.4) is 0 Å². The van der Waals surface area contributed by atoms with Gasteiger partial charge in [-0.05, 0) is 36.6 Å². The Morgan fingerprint density at radius 1 is 1.22 bits per heavy atom. The van der Waals surface area contributed by atoms with E-state index in [9.17, 15) is 18.0 Å². The smallest absolute Gasteiger partial charge is 0.352 e. The number of aromatic nitrogens is 3. The Balaban J connectivity index is 1.52. The highest BCUT2D eigenvalue weighted by Gasteiger charge is 2.30. The molecule has 0 spiro atoms. The maximum Gasteiger partial charge on any atom is 0.416 e. The number of carbonyl (C=O) groups is 1. The van der Waals surface area contributed by atoms with E-state index in [0.717, 1.165) is 49.6 Å². The standard InChI is InChI=1S/C19H21F3N4O/c20-19(21,22)15-6-4-5-14(13-15)8-9-18(27)23-11-10-17-25-24-16-7-2-1-3-12-26(16)17/h4-6,8-9,13H,1-3,7,10-12H2,(H,23,27). The molecule has 0 aliphatic carbocycles. The van der Waals surface area contributed by atoms with Gasteiger partial charge in [-0.3, -0.25) is 4.79 Å². The first-order chi connectivity index (χ1) is 12.9. The molecule has 27 heavy (non-hydrogen) atoms. The average Bonchev–Trinajstić information content (AvgIpc) is 2.86. The molecule has 1 N–H and O–H groups in total. The molecule has 0 fully saturated rings. The molecule has 1 aromatic heterocycles. The molecule has 0 bridgehead atoms. The number of fused-ring (bicyclic) bond motifs is 1. The topological polar surface area (TPSA) is 59.8 Å². The molecule has 5 nitrogen and oxygen atoms in total. The molecule has 1 aromatic carbocycles. The van der Waals surface area contributed by atoms with Gasteiger partial charge in [0.05, 0.1) is 5.56 Å². The summed E-state index contributed by atoms with van der Waals surface area (Å²) >= 11 is 0. The number of amides is 1. The van der Waals surface area contributed by atoms with Crippen LogP contribution in [0.15, 0.2) is 30.3 Å². The number of hydrogen-bond donors (Lipinski definition) is 1. The Morgan fingerprint density at radius 3 is 2.89 bits per heavy atom. The van der Waals surface area contributed by atoms with Gasteiger partial charge in [-0.2, -0.15) is 13.2 Å². The minimum Gasteiger partial charge on any atom is -0.352 e. The van der Waals surface area contributed by atoms with Crippen LogP contribution in [0.25, 0.3) is 6.08 Å². The summed E-state index contributed by atoms with van der Waals surface area (Å²) in [6.07, 6.45) is 3.10. The van der Waals surface area contributed by atoms with Crippen molar-refractivity contribution in [3.05, 3.63) is 53.1 Å². The number of carbonyl (C=O) groups excluding carboxylic acids is 1. The highest BCUT2D eigenvalue weighted by atomic mass is 19.4. The van der Waals surface area contributed by atoms with Crippen molar-refractivity contribution in [2.24, 2.45) is 0 Å². The molecule has 2 aromatic rings. The lowest BCUT2D eigenvalue weighted by atomic mass is 10.1. The molecule has 1 aliphatic heterocycles. The first kappa shape index (κ1) is 19.1. The lowest BCUT2D eigenvalue weighted by Gasteiger charge is -2.07. The van der Waals surface area contributed by atoms with Crippen LogP contribution in [0, 0.1) is 0 Å². The Hall–Kier alpha value is -2.64. The molecule has 3 rings (SSSR count). The summed E-state index contributed by atoms with van der Waals surface area (Å²) < 4.78 is 40.2. The first-order valence-electron chi connectivity index (χ1n) is 8.97. The van der Waals surface area contributed by atoms with Crippen LogP contribution in [0.4, 0.5) is 13.2 Å². The van der Waals surface area contributed by atoms with E-state index in [2.05, 4.69) is 20.1 Å². The zero-order valence-corrected chi connectivity index (χ0v) is 14.8. The number of nitrogens with one attached hydrogen (secondary N) is 1. The number of aryl methyl sites for hydroxylation is 1. The van der Waals surface area contributed by atoms with Crippen molar-refractivity contribution in [1.29, 1.82) is 0 Å². The lowest BCUT2D eigenvalue weighted by molar-refractivity contribution is -0.137. The Bertz CT molecular complexity index is 827. The van der Waals surface area contributed by atoms with Gasteiger partial charge in [-0.1, -0.05) is 18.6 Å². The van der Waals surface area contributed by atoms with E-state index in [-0.39, 0.29) is 5.91 Å². The maximum absolute atomic E-state index is 12.7. The van der Waals surface area contributed by atoms with Gasteiger partial charge in [0.15, 0.2) is 0 Å². The van der Waals surface area contributed by atoms with Crippen molar-refractivity contribution in [3.63, 3.8) is 0 Å². The third kappa shape index (κ3) is 5.18. The molecule has 8 heteroatoms. The summed E-state index contributed by atoms with van der Waals surface area (Å²) in [5.74, 6) is 1.50. The molecular weight excluding hydrogens is 357 g/mol. The Morgan fingerprint density at radius 2 is 2.07 bits per heavy atom. The molecule has 1 amide bonds. The molecule has 0 saturated heterocycles. The molecule has 0 atom stereocenters. The quantitative estimate of drug-likeness (QED) is 0.812. The fourth-order valence-electron chi connectivity index (χ4n) is 3.08. The average molecular weight is 378 g/mol. The Labute approximate surface area is 155 Å². The van der Waals surface area contributed by atoms with E-state index in [1.54, 1.807) is 0 Å². The maximum atomic E-state index is 12.7. The normalized spacial score (nSPS) is 14.8. The second kappa shape index (κ2) is 8.37. The monoisotopic (exact) mass is 378 g/mol. The van der Waals surface area contributed by atoms with Crippen LogP contribution in [0.2, 0.25) is 0 Å². The van der Waals surface area contributed by atoms with Crippen molar-refractivity contribution in [3.8, 4) is 0 Å². The molecule has 2 heterocycles. The zero-order valence-electron chi connectivity index (χ0n) is 14.8. The summed E-state index contributed by atoms with van der Waals surface area (Å²) in [7, 11) is 0. The molecular formula is C19H21F3N4O. The summed E-state index contributed by atoms with van der Waals surface area (Å²) in [6.45, 7) is 1.30. The van der Waals surface area contributed by atoms with E-state index in [1.165, 1.54) is 30.7 Å². The fourth-order valence-corrected chi connectivity index (χ4v) is 3.08. The minimum absolute atomic E-state index is 0.322. The second-order valence-corrected chi connectivity index (χ2v) is 6.49. The number of rotatable bonds is 5. The predicted molar refractivity (Wildman–Crippen MR) is 94.8 cm³/mol. The number of benzene rings is 1. The second-order valence-electron chi connectivity index (χ2n) is 6.49. The number of hydrogen-bond acceptors (Lipinski definition) is 3.